The Morgan fingerprint density at radius 1 is 0.786 bits per heavy atom. The molecule has 1 aliphatic heterocycles. The number of carbonyl (C=O) groups is 4. The molecule has 2 unspecified atom stereocenters. The quantitative estimate of drug-likeness (QED) is 0.0384. The van der Waals surface area contributed by atoms with Crippen LogP contribution in [-0.4, -0.2) is 91.4 Å². The highest BCUT2D eigenvalue weighted by Gasteiger charge is 2.69. The van der Waals surface area contributed by atoms with Crippen molar-refractivity contribution in [3.63, 3.8) is 0 Å². The highest BCUT2D eigenvalue weighted by molar-refractivity contribution is 7.65. The normalized spacial score (nSPS) is 18.1. The van der Waals surface area contributed by atoms with Crippen LogP contribution in [0.2, 0.25) is 0 Å². The van der Waals surface area contributed by atoms with Crippen LogP contribution in [-0.2, 0) is 65.4 Å². The van der Waals surface area contributed by atoms with E-state index in [0.717, 1.165) is 4.90 Å². The molecule has 1 heterocycles. The minimum absolute atomic E-state index is 0.0533. The minimum Gasteiger partial charge on any atom is -0.460 e. The second-order valence-electron chi connectivity index (χ2n) is 13.6. The van der Waals surface area contributed by atoms with Gasteiger partial charge in [-0.1, -0.05) is 119 Å². The lowest BCUT2D eigenvalue weighted by atomic mass is 9.94. The molecule has 304 valence electrons. The third-order valence-corrected chi connectivity index (χ3v) is 13.1. The van der Waals surface area contributed by atoms with Crippen molar-refractivity contribution >= 4 is 30.9 Å². The summed E-state index contributed by atoms with van der Waals surface area (Å²) < 4.78 is 50.3. The molecule has 0 saturated carbocycles. The molecule has 14 heteroatoms. The lowest BCUT2D eigenvalue weighted by Crippen LogP contribution is -2.84. The van der Waals surface area contributed by atoms with Crippen molar-refractivity contribution in [3.05, 3.63) is 108 Å². The van der Waals surface area contributed by atoms with Gasteiger partial charge < -0.3 is 38.3 Å². The van der Waals surface area contributed by atoms with Crippen LogP contribution in [0, 0.1) is 0 Å². The van der Waals surface area contributed by atoms with Crippen molar-refractivity contribution in [1.29, 1.82) is 0 Å². The SMILES string of the molecule is CCCOC(C)(CO[C@H]1N(C(C(=O)OCc2ccccc2)P(=O)(CC)CC)C(=O)[C@]1(NC(=O)C(C(=O)OCc1ccccc1)c1ccccc1)OC)OCCC. The van der Waals surface area contributed by atoms with Gasteiger partial charge in [-0.15, -0.1) is 0 Å². The molecule has 3 aromatic rings. The van der Waals surface area contributed by atoms with Crippen molar-refractivity contribution < 1.29 is 52.2 Å². The number of likely N-dealkylation sites (tertiary alicyclic amines) is 1. The van der Waals surface area contributed by atoms with E-state index in [1.165, 1.54) is 7.11 Å². The predicted octanol–water partition coefficient (Wildman–Crippen LogP) is 6.20. The van der Waals surface area contributed by atoms with E-state index in [0.29, 0.717) is 42.7 Å². The average molecular weight is 795 g/mol. The molecule has 56 heavy (non-hydrogen) atoms. The lowest BCUT2D eigenvalue weighted by Gasteiger charge is -2.56. The van der Waals surface area contributed by atoms with Gasteiger partial charge in [0.25, 0.3) is 11.6 Å². The summed E-state index contributed by atoms with van der Waals surface area (Å²) in [5.41, 5.74) is -0.593. The Kier molecular flexibility index (Phi) is 16.4. The topological polar surface area (TPSA) is 156 Å². The molecule has 1 fully saturated rings. The number of ether oxygens (including phenoxy) is 6. The van der Waals surface area contributed by atoms with E-state index in [1.807, 2.05) is 26.0 Å². The number of nitrogens with zero attached hydrogens (tertiary/aromatic N) is 1. The Morgan fingerprint density at radius 2 is 1.27 bits per heavy atom. The molecular weight excluding hydrogens is 739 g/mol. The fourth-order valence-corrected chi connectivity index (χ4v) is 8.61. The fraction of sp³-hybridized carbons (Fsp3) is 0.476. The summed E-state index contributed by atoms with van der Waals surface area (Å²) in [6.07, 6.45) is -0.111. The van der Waals surface area contributed by atoms with Gasteiger partial charge in [0.1, 0.15) is 27.0 Å². The largest absolute Gasteiger partial charge is 0.460 e. The van der Waals surface area contributed by atoms with Gasteiger partial charge in [0.2, 0.25) is 5.91 Å². The second kappa shape index (κ2) is 20.7. The molecule has 0 spiro atoms. The van der Waals surface area contributed by atoms with Crippen molar-refractivity contribution in [2.24, 2.45) is 0 Å². The molecule has 1 aliphatic rings. The van der Waals surface area contributed by atoms with Gasteiger partial charge in [0.15, 0.2) is 23.7 Å². The van der Waals surface area contributed by atoms with Crippen LogP contribution in [0.3, 0.4) is 0 Å². The van der Waals surface area contributed by atoms with Gasteiger partial charge in [0, 0.05) is 32.6 Å². The van der Waals surface area contributed by atoms with Crippen LogP contribution in [0.1, 0.15) is 70.1 Å². The standard InChI is InChI=1S/C42H55N2O11P/c1-7-26-54-41(5,55-27-8-2)30-53-40-42(50-6,39(48)44(40)36(56(49,9-3)10-4)38(47)52-29-32-22-16-12-17-23-32)43-35(45)34(33-24-18-13-19-25-33)37(46)51-28-31-20-14-11-15-21-31/h11-25,34,36,40H,7-10,26-30H2,1-6H3,(H,43,45)/t34?,36?,40-,42+/m1/s1. The maximum absolute atomic E-state index is 14.7. The Balaban J connectivity index is 1.75. The Bertz CT molecular complexity index is 1760. The third kappa shape index (κ3) is 10.5. The second-order valence-corrected chi connectivity index (χ2v) is 17.3. The maximum atomic E-state index is 14.7. The first-order valence-electron chi connectivity index (χ1n) is 19.1. The first kappa shape index (κ1) is 44.3. The van der Waals surface area contributed by atoms with Crippen LogP contribution in [0.4, 0.5) is 0 Å². The van der Waals surface area contributed by atoms with Crippen LogP contribution >= 0.6 is 7.14 Å². The zero-order valence-corrected chi connectivity index (χ0v) is 34.0. The number of hydrogen-bond acceptors (Lipinski definition) is 11. The molecule has 0 aliphatic carbocycles. The summed E-state index contributed by atoms with van der Waals surface area (Å²) in [4.78, 5) is 57.9. The number of β-lactam (4-membered cyclic amide) rings is 1. The fourth-order valence-electron chi connectivity index (χ4n) is 6.33. The highest BCUT2D eigenvalue weighted by Crippen LogP contribution is 2.55. The van der Waals surface area contributed by atoms with Gasteiger partial charge in [-0.25, -0.2) is 4.79 Å². The molecule has 2 amide bonds. The number of carbonyl (C=O) groups excluding carboxylic acids is 4. The first-order chi connectivity index (χ1) is 26.9. The first-order valence-corrected chi connectivity index (χ1v) is 21.2. The van der Waals surface area contributed by atoms with Gasteiger partial charge in [-0.3, -0.25) is 19.3 Å². The van der Waals surface area contributed by atoms with Gasteiger partial charge in [0.05, 0.1) is 0 Å². The molecule has 3 aromatic carbocycles. The van der Waals surface area contributed by atoms with E-state index in [9.17, 15) is 23.7 Å². The smallest absolute Gasteiger partial charge is 0.337 e. The van der Waals surface area contributed by atoms with Crippen molar-refractivity contribution in [2.45, 2.75) is 90.1 Å². The van der Waals surface area contributed by atoms with Crippen LogP contribution in [0.5, 0.6) is 0 Å². The molecule has 0 radical (unpaired) electrons. The molecule has 13 nitrogen and oxygen atoms in total. The minimum atomic E-state index is -3.54. The Hall–Kier alpha value is -4.39. The Morgan fingerprint density at radius 3 is 1.73 bits per heavy atom. The number of amides is 2. The third-order valence-electron chi connectivity index (χ3n) is 9.58. The summed E-state index contributed by atoms with van der Waals surface area (Å²) in [5.74, 6) is -8.08. The monoisotopic (exact) mass is 794 g/mol. The molecule has 0 bridgehead atoms. The average Bonchev–Trinajstić information content (AvgIpc) is 3.23. The summed E-state index contributed by atoms with van der Waals surface area (Å²) in [6.45, 7) is 9.01. The van der Waals surface area contributed by atoms with E-state index in [2.05, 4.69) is 5.32 Å². The van der Waals surface area contributed by atoms with E-state index >= 15 is 0 Å². The van der Waals surface area contributed by atoms with Crippen molar-refractivity contribution in [1.82, 2.24) is 10.2 Å². The van der Waals surface area contributed by atoms with E-state index in [-0.39, 0.29) is 32.1 Å². The number of esters is 2. The number of hydrogen-bond donors (Lipinski definition) is 1. The number of rotatable bonds is 23. The van der Waals surface area contributed by atoms with Gasteiger partial charge in [-0.2, -0.15) is 0 Å². The molecule has 1 N–H and O–H groups in total. The molecule has 4 rings (SSSR count). The summed E-state index contributed by atoms with van der Waals surface area (Å²) in [6, 6.07) is 26.2. The summed E-state index contributed by atoms with van der Waals surface area (Å²) >= 11 is 0. The molecule has 4 atom stereocenters. The summed E-state index contributed by atoms with van der Waals surface area (Å²) in [5, 5.41) is 2.65. The molecular formula is C42H55N2O11P. The van der Waals surface area contributed by atoms with Crippen LogP contribution < -0.4 is 5.32 Å². The zero-order valence-electron chi connectivity index (χ0n) is 33.1. The number of nitrogens with one attached hydrogen (secondary N) is 1. The van der Waals surface area contributed by atoms with Crippen molar-refractivity contribution in [3.8, 4) is 0 Å². The predicted molar refractivity (Wildman–Crippen MR) is 209 cm³/mol. The van der Waals surface area contributed by atoms with Gasteiger partial charge >= 0.3 is 11.9 Å². The van der Waals surface area contributed by atoms with E-state index in [4.69, 9.17) is 28.4 Å². The zero-order chi connectivity index (χ0) is 40.8. The number of methoxy groups -OCH3 is 1. The van der Waals surface area contributed by atoms with E-state index in [1.54, 1.807) is 99.6 Å². The lowest BCUT2D eigenvalue weighted by molar-refractivity contribution is -0.304. The molecule has 1 saturated heterocycles. The van der Waals surface area contributed by atoms with Crippen LogP contribution in [0.15, 0.2) is 91.0 Å². The number of benzene rings is 3. The van der Waals surface area contributed by atoms with Gasteiger partial charge in [-0.05, 0) is 36.5 Å². The molecule has 0 aromatic heterocycles. The Labute approximate surface area is 329 Å². The van der Waals surface area contributed by atoms with Crippen LogP contribution in [0.25, 0.3) is 0 Å². The van der Waals surface area contributed by atoms with Crippen molar-refractivity contribution in [2.75, 3.05) is 39.3 Å². The highest BCUT2D eigenvalue weighted by atomic mass is 31.2. The maximum Gasteiger partial charge on any atom is 0.337 e. The summed E-state index contributed by atoms with van der Waals surface area (Å²) in [7, 11) is -2.35. The van der Waals surface area contributed by atoms with E-state index < -0.39 is 60.3 Å².